The lowest BCUT2D eigenvalue weighted by molar-refractivity contribution is 0.221. The number of pyridine rings is 1. The maximum Gasteiger partial charge on any atom is 0.191 e. The van der Waals surface area contributed by atoms with Crippen LogP contribution in [0.15, 0.2) is 47.5 Å². The summed E-state index contributed by atoms with van der Waals surface area (Å²) in [7, 11) is 1.79. The van der Waals surface area contributed by atoms with Crippen molar-refractivity contribution in [3.8, 4) is 0 Å². The van der Waals surface area contributed by atoms with E-state index in [1.807, 2.05) is 25.1 Å². The summed E-state index contributed by atoms with van der Waals surface area (Å²) in [5.74, 6) is 0.788. The van der Waals surface area contributed by atoms with Crippen molar-refractivity contribution in [3.05, 3.63) is 65.0 Å². The Balaban J connectivity index is 0.00000280. The molecule has 2 heterocycles. The first kappa shape index (κ1) is 22.6. The van der Waals surface area contributed by atoms with E-state index in [0.717, 1.165) is 30.4 Å². The Labute approximate surface area is 186 Å². The first-order valence-electron chi connectivity index (χ1n) is 9.90. The van der Waals surface area contributed by atoms with E-state index in [9.17, 15) is 0 Å². The van der Waals surface area contributed by atoms with Crippen LogP contribution in [-0.4, -0.2) is 36.0 Å². The van der Waals surface area contributed by atoms with Crippen LogP contribution in [0.2, 0.25) is 0 Å². The Morgan fingerprint density at radius 1 is 0.964 bits per heavy atom. The molecule has 0 amide bonds. The summed E-state index contributed by atoms with van der Waals surface area (Å²) >= 11 is 0. The van der Waals surface area contributed by atoms with Crippen molar-refractivity contribution in [1.82, 2.24) is 20.5 Å². The van der Waals surface area contributed by atoms with E-state index in [2.05, 4.69) is 49.8 Å². The van der Waals surface area contributed by atoms with Crippen molar-refractivity contribution >= 4 is 29.9 Å². The largest absolute Gasteiger partial charge is 0.352 e. The molecule has 28 heavy (non-hydrogen) atoms. The van der Waals surface area contributed by atoms with Gasteiger partial charge in [0.05, 0.1) is 12.2 Å². The van der Waals surface area contributed by atoms with Crippen molar-refractivity contribution in [2.75, 3.05) is 20.1 Å². The minimum Gasteiger partial charge on any atom is -0.352 e. The number of aliphatic imine (C=N–C) groups is 1. The van der Waals surface area contributed by atoms with Crippen LogP contribution in [0.25, 0.3) is 0 Å². The molecule has 0 saturated carbocycles. The van der Waals surface area contributed by atoms with E-state index in [0.29, 0.717) is 6.54 Å². The van der Waals surface area contributed by atoms with E-state index in [1.54, 1.807) is 7.05 Å². The van der Waals surface area contributed by atoms with Gasteiger partial charge in [-0.15, -0.1) is 24.0 Å². The first-order chi connectivity index (χ1) is 13.2. The maximum absolute atomic E-state index is 4.51. The molecule has 1 aliphatic heterocycles. The third kappa shape index (κ3) is 7.39. The fourth-order valence-corrected chi connectivity index (χ4v) is 3.42. The summed E-state index contributed by atoms with van der Waals surface area (Å²) in [6, 6.07) is 15.0. The number of rotatable bonds is 6. The number of hydrogen-bond donors (Lipinski definition) is 2. The van der Waals surface area contributed by atoms with Crippen molar-refractivity contribution in [2.24, 2.45) is 4.99 Å². The summed E-state index contributed by atoms with van der Waals surface area (Å²) in [6.45, 7) is 6.97. The number of likely N-dealkylation sites (tertiary alicyclic amines) is 1. The zero-order chi connectivity index (χ0) is 18.9. The van der Waals surface area contributed by atoms with Gasteiger partial charge >= 0.3 is 0 Å². The molecule has 0 atom stereocenters. The van der Waals surface area contributed by atoms with Gasteiger partial charge in [-0.2, -0.15) is 0 Å². The van der Waals surface area contributed by atoms with Crippen LogP contribution in [0, 0.1) is 6.92 Å². The number of halogens is 1. The van der Waals surface area contributed by atoms with Gasteiger partial charge in [0, 0.05) is 25.8 Å². The number of nitrogens with one attached hydrogen (secondary N) is 2. The zero-order valence-electron chi connectivity index (χ0n) is 16.9. The molecule has 0 unspecified atom stereocenters. The van der Waals surface area contributed by atoms with Crippen LogP contribution in [0.3, 0.4) is 0 Å². The lowest BCUT2D eigenvalue weighted by Gasteiger charge is -2.26. The highest BCUT2D eigenvalue weighted by Gasteiger charge is 2.10. The number of nitrogens with zero attached hydrogens (tertiary/aromatic N) is 3. The highest BCUT2D eigenvalue weighted by molar-refractivity contribution is 14.0. The molecule has 1 fully saturated rings. The summed E-state index contributed by atoms with van der Waals surface area (Å²) in [4.78, 5) is 11.4. The molecular formula is C22H32IN5. The summed E-state index contributed by atoms with van der Waals surface area (Å²) in [5.41, 5.74) is 4.70. The highest BCUT2D eigenvalue weighted by atomic mass is 127. The number of hydrogen-bond acceptors (Lipinski definition) is 3. The average Bonchev–Trinajstić information content (AvgIpc) is 2.70. The zero-order valence-corrected chi connectivity index (χ0v) is 19.3. The predicted octanol–water partition coefficient (Wildman–Crippen LogP) is 3.86. The third-order valence-corrected chi connectivity index (χ3v) is 4.94. The van der Waals surface area contributed by atoms with E-state index in [4.69, 9.17) is 0 Å². The van der Waals surface area contributed by atoms with E-state index in [1.165, 1.54) is 43.5 Å². The molecule has 0 radical (unpaired) electrons. The Morgan fingerprint density at radius 3 is 2.32 bits per heavy atom. The Bertz CT molecular complexity index is 739. The molecule has 1 aromatic heterocycles. The van der Waals surface area contributed by atoms with Crippen LogP contribution in [0.1, 0.15) is 41.8 Å². The molecule has 6 heteroatoms. The van der Waals surface area contributed by atoms with E-state index >= 15 is 0 Å². The molecule has 2 aromatic rings. The van der Waals surface area contributed by atoms with Gasteiger partial charge in [-0.1, -0.05) is 36.8 Å². The van der Waals surface area contributed by atoms with Gasteiger partial charge < -0.3 is 10.6 Å². The first-order valence-corrected chi connectivity index (χ1v) is 9.90. The number of aromatic nitrogens is 1. The molecule has 152 valence electrons. The van der Waals surface area contributed by atoms with Crippen molar-refractivity contribution in [1.29, 1.82) is 0 Å². The molecule has 1 saturated heterocycles. The Morgan fingerprint density at radius 2 is 1.64 bits per heavy atom. The van der Waals surface area contributed by atoms with Gasteiger partial charge in [0.25, 0.3) is 0 Å². The second-order valence-electron chi connectivity index (χ2n) is 7.20. The molecule has 5 nitrogen and oxygen atoms in total. The lowest BCUT2D eigenvalue weighted by atomic mass is 10.1. The fourth-order valence-electron chi connectivity index (χ4n) is 3.42. The molecule has 0 bridgehead atoms. The van der Waals surface area contributed by atoms with Crippen LogP contribution in [0.4, 0.5) is 0 Å². The SMILES string of the molecule is CN=C(NCc1ccc(CN2CCCCC2)cc1)NCc1cccc(C)n1.I. The van der Waals surface area contributed by atoms with E-state index in [-0.39, 0.29) is 24.0 Å². The van der Waals surface area contributed by atoms with Crippen LogP contribution in [0.5, 0.6) is 0 Å². The Hall–Kier alpha value is -1.67. The van der Waals surface area contributed by atoms with Crippen LogP contribution >= 0.6 is 24.0 Å². The molecule has 1 aromatic carbocycles. The summed E-state index contributed by atoms with van der Waals surface area (Å²) < 4.78 is 0. The summed E-state index contributed by atoms with van der Waals surface area (Å²) in [5, 5.41) is 6.69. The topological polar surface area (TPSA) is 52.6 Å². The molecule has 3 rings (SSSR count). The third-order valence-electron chi connectivity index (χ3n) is 4.94. The molecular weight excluding hydrogens is 461 g/mol. The molecule has 0 spiro atoms. The van der Waals surface area contributed by atoms with Gasteiger partial charge in [0.2, 0.25) is 0 Å². The quantitative estimate of drug-likeness (QED) is 0.365. The van der Waals surface area contributed by atoms with Crippen molar-refractivity contribution in [2.45, 2.75) is 45.8 Å². The van der Waals surface area contributed by atoms with Crippen molar-refractivity contribution in [3.63, 3.8) is 0 Å². The fraction of sp³-hybridized carbons (Fsp3) is 0.455. The van der Waals surface area contributed by atoms with Gasteiger partial charge in [0.1, 0.15) is 0 Å². The van der Waals surface area contributed by atoms with Crippen LogP contribution in [-0.2, 0) is 19.6 Å². The molecule has 0 aliphatic carbocycles. The highest BCUT2D eigenvalue weighted by Crippen LogP contribution is 2.13. The number of aryl methyl sites for hydroxylation is 1. The number of benzene rings is 1. The minimum atomic E-state index is 0. The average molecular weight is 493 g/mol. The van der Waals surface area contributed by atoms with Gasteiger partial charge in [0.15, 0.2) is 5.96 Å². The smallest absolute Gasteiger partial charge is 0.191 e. The van der Waals surface area contributed by atoms with Crippen molar-refractivity contribution < 1.29 is 0 Å². The van der Waals surface area contributed by atoms with E-state index < -0.39 is 0 Å². The second-order valence-corrected chi connectivity index (χ2v) is 7.20. The van der Waals surface area contributed by atoms with Gasteiger partial charge in [-0.25, -0.2) is 0 Å². The second kappa shape index (κ2) is 12.0. The minimum absolute atomic E-state index is 0. The lowest BCUT2D eigenvalue weighted by Crippen LogP contribution is -2.36. The maximum atomic E-state index is 4.51. The molecule has 1 aliphatic rings. The standard InChI is InChI=1S/C22H31N5.HI/c1-18-7-6-8-21(26-18)16-25-22(23-2)24-15-19-9-11-20(12-10-19)17-27-13-4-3-5-14-27;/h6-12H,3-5,13-17H2,1-2H3,(H2,23,24,25);1H. The predicted molar refractivity (Wildman–Crippen MR) is 127 cm³/mol. The normalized spacial score (nSPS) is 15.0. The number of guanidine groups is 1. The van der Waals surface area contributed by atoms with Crippen LogP contribution < -0.4 is 10.6 Å². The van der Waals surface area contributed by atoms with Gasteiger partial charge in [-0.3, -0.25) is 14.9 Å². The monoisotopic (exact) mass is 493 g/mol. The van der Waals surface area contributed by atoms with Gasteiger partial charge in [-0.05, 0) is 56.1 Å². The molecule has 2 N–H and O–H groups in total. The number of piperidine rings is 1. The Kier molecular flexibility index (Phi) is 9.70. The summed E-state index contributed by atoms with van der Waals surface area (Å²) in [6.07, 6.45) is 4.06.